The molecule has 5 nitrogen and oxygen atoms in total. The SMILES string of the molecule is CCCC[C@@]1(CC)CS(=O)(=O)c2ccccc2[C@H](c2ccncc2)N1O. The maximum atomic E-state index is 13.2. The molecule has 2 atom stereocenters. The summed E-state index contributed by atoms with van der Waals surface area (Å²) < 4.78 is 26.4. The first-order chi connectivity index (χ1) is 12.4. The van der Waals surface area contributed by atoms with Gasteiger partial charge in [0.05, 0.1) is 22.2 Å². The number of pyridine rings is 1. The molecule has 0 bridgehead atoms. The summed E-state index contributed by atoms with van der Waals surface area (Å²) in [6, 6.07) is 10.1. The zero-order valence-electron chi connectivity index (χ0n) is 15.3. The van der Waals surface area contributed by atoms with Gasteiger partial charge >= 0.3 is 0 Å². The molecule has 1 aromatic carbocycles. The van der Waals surface area contributed by atoms with Crippen molar-refractivity contribution >= 4 is 9.84 Å². The highest BCUT2D eigenvalue weighted by Gasteiger charge is 2.47. The molecule has 2 aromatic rings. The van der Waals surface area contributed by atoms with E-state index in [1.807, 2.05) is 25.1 Å². The lowest BCUT2D eigenvalue weighted by Crippen LogP contribution is -2.51. The summed E-state index contributed by atoms with van der Waals surface area (Å²) in [5, 5.41) is 12.7. The molecule has 26 heavy (non-hydrogen) atoms. The molecule has 0 fully saturated rings. The Morgan fingerprint density at radius 2 is 1.88 bits per heavy atom. The van der Waals surface area contributed by atoms with Crippen LogP contribution in [0.3, 0.4) is 0 Å². The smallest absolute Gasteiger partial charge is 0.180 e. The molecule has 1 aliphatic heterocycles. The standard InChI is InChI=1S/C20H26N2O3S/c1-3-5-12-20(4-2)15-26(24,25)18-9-7-6-8-17(18)19(22(20)23)16-10-13-21-14-11-16/h6-11,13-14,19,23H,3-5,12,15H2,1-2H3/t19-,20-/m0/s1. The Hall–Kier alpha value is -1.76. The molecule has 0 radical (unpaired) electrons. The van der Waals surface area contributed by atoms with E-state index in [2.05, 4.69) is 11.9 Å². The third-order valence-electron chi connectivity index (χ3n) is 5.41. The number of hydroxylamine groups is 2. The number of unbranched alkanes of at least 4 members (excludes halogenated alkanes) is 1. The Morgan fingerprint density at radius 1 is 1.19 bits per heavy atom. The second kappa shape index (κ2) is 7.47. The zero-order chi connectivity index (χ0) is 18.8. The van der Waals surface area contributed by atoms with Crippen molar-refractivity contribution in [2.45, 2.75) is 56.0 Å². The van der Waals surface area contributed by atoms with Crippen molar-refractivity contribution < 1.29 is 13.6 Å². The largest absolute Gasteiger partial charge is 0.312 e. The van der Waals surface area contributed by atoms with Crippen molar-refractivity contribution in [3.05, 3.63) is 59.9 Å². The van der Waals surface area contributed by atoms with Crippen LogP contribution in [0.4, 0.5) is 0 Å². The van der Waals surface area contributed by atoms with Gasteiger partial charge in [-0.2, -0.15) is 5.06 Å². The second-order valence-corrected chi connectivity index (χ2v) is 8.96. The van der Waals surface area contributed by atoms with Crippen molar-refractivity contribution in [2.75, 3.05) is 5.75 Å². The molecular formula is C20H26N2O3S. The topological polar surface area (TPSA) is 70.5 Å². The van der Waals surface area contributed by atoms with Crippen LogP contribution < -0.4 is 0 Å². The first-order valence-corrected chi connectivity index (χ1v) is 10.8. The Balaban J connectivity index is 2.25. The van der Waals surface area contributed by atoms with Crippen LogP contribution in [-0.2, 0) is 9.84 Å². The van der Waals surface area contributed by atoms with Crippen LogP contribution in [0.15, 0.2) is 53.7 Å². The third kappa shape index (κ3) is 3.29. The molecule has 0 spiro atoms. The van der Waals surface area contributed by atoms with Crippen molar-refractivity contribution in [1.82, 2.24) is 10.0 Å². The Morgan fingerprint density at radius 3 is 2.54 bits per heavy atom. The number of hydrogen-bond donors (Lipinski definition) is 1. The van der Waals surface area contributed by atoms with E-state index >= 15 is 0 Å². The predicted octanol–water partition coefficient (Wildman–Crippen LogP) is 3.99. The summed E-state index contributed by atoms with van der Waals surface area (Å²) in [6.07, 6.45) is 6.33. The highest BCUT2D eigenvalue weighted by atomic mass is 32.2. The van der Waals surface area contributed by atoms with Gasteiger partial charge in [0.15, 0.2) is 9.84 Å². The Bertz CT molecular complexity index is 854. The molecule has 1 N–H and O–H groups in total. The number of rotatable bonds is 5. The van der Waals surface area contributed by atoms with Gasteiger partial charge in [0, 0.05) is 12.4 Å². The number of aromatic nitrogens is 1. The van der Waals surface area contributed by atoms with E-state index in [-0.39, 0.29) is 5.75 Å². The maximum Gasteiger partial charge on any atom is 0.180 e. The molecule has 2 heterocycles. The minimum atomic E-state index is -3.52. The van der Waals surface area contributed by atoms with Gasteiger partial charge in [-0.05, 0) is 42.2 Å². The third-order valence-corrected chi connectivity index (χ3v) is 7.37. The van der Waals surface area contributed by atoms with Crippen LogP contribution >= 0.6 is 0 Å². The summed E-state index contributed by atoms with van der Waals surface area (Å²) in [5.41, 5.74) is 0.635. The van der Waals surface area contributed by atoms with Crippen LogP contribution in [0.1, 0.15) is 56.7 Å². The van der Waals surface area contributed by atoms with Crippen molar-refractivity contribution in [3.8, 4) is 0 Å². The lowest BCUT2D eigenvalue weighted by Gasteiger charge is -2.41. The number of hydrogen-bond acceptors (Lipinski definition) is 5. The molecule has 0 saturated carbocycles. The average molecular weight is 375 g/mol. The van der Waals surface area contributed by atoms with Crippen LogP contribution in [0.25, 0.3) is 0 Å². The molecule has 1 aliphatic rings. The van der Waals surface area contributed by atoms with Gasteiger partial charge in [-0.25, -0.2) is 8.42 Å². The molecular weight excluding hydrogens is 348 g/mol. The van der Waals surface area contributed by atoms with E-state index in [1.54, 1.807) is 30.6 Å². The quantitative estimate of drug-likeness (QED) is 0.857. The summed E-state index contributed by atoms with van der Waals surface area (Å²) in [6.45, 7) is 4.03. The fourth-order valence-corrected chi connectivity index (χ4v) is 6.06. The summed E-state index contributed by atoms with van der Waals surface area (Å²) in [4.78, 5) is 4.37. The molecule has 0 aliphatic carbocycles. The Kier molecular flexibility index (Phi) is 5.46. The zero-order valence-corrected chi connectivity index (χ0v) is 16.1. The van der Waals surface area contributed by atoms with Crippen LogP contribution in [-0.4, -0.2) is 35.0 Å². The number of sulfone groups is 1. The molecule has 6 heteroatoms. The van der Waals surface area contributed by atoms with Crippen molar-refractivity contribution in [3.63, 3.8) is 0 Å². The van der Waals surface area contributed by atoms with Gasteiger partial charge in [-0.15, -0.1) is 0 Å². The van der Waals surface area contributed by atoms with Gasteiger partial charge in [0.2, 0.25) is 0 Å². The fraction of sp³-hybridized carbons (Fsp3) is 0.450. The minimum Gasteiger partial charge on any atom is -0.312 e. The van der Waals surface area contributed by atoms with Gasteiger partial charge < -0.3 is 5.21 Å². The van der Waals surface area contributed by atoms with Crippen molar-refractivity contribution in [1.29, 1.82) is 0 Å². The normalized spacial score (nSPS) is 25.4. The summed E-state index contributed by atoms with van der Waals surface area (Å²) in [7, 11) is -3.52. The van der Waals surface area contributed by atoms with E-state index in [9.17, 15) is 13.6 Å². The van der Waals surface area contributed by atoms with E-state index in [1.165, 1.54) is 5.06 Å². The monoisotopic (exact) mass is 374 g/mol. The fourth-order valence-electron chi connectivity index (χ4n) is 3.89. The first-order valence-electron chi connectivity index (χ1n) is 9.15. The van der Waals surface area contributed by atoms with Gasteiger partial charge in [0.25, 0.3) is 0 Å². The summed E-state index contributed by atoms with van der Waals surface area (Å²) >= 11 is 0. The van der Waals surface area contributed by atoms with Gasteiger partial charge in [-0.1, -0.05) is 44.9 Å². The van der Waals surface area contributed by atoms with Gasteiger partial charge in [-0.3, -0.25) is 4.98 Å². The lowest BCUT2D eigenvalue weighted by molar-refractivity contribution is -0.193. The van der Waals surface area contributed by atoms with E-state index in [0.717, 1.165) is 18.4 Å². The van der Waals surface area contributed by atoms with E-state index in [0.29, 0.717) is 23.3 Å². The molecule has 0 amide bonds. The first kappa shape index (κ1) is 19.0. The lowest BCUT2D eigenvalue weighted by atomic mass is 9.87. The second-order valence-electron chi connectivity index (χ2n) is 7.01. The molecule has 1 aromatic heterocycles. The Labute approximate surface area is 155 Å². The van der Waals surface area contributed by atoms with Crippen LogP contribution in [0.5, 0.6) is 0 Å². The highest BCUT2D eigenvalue weighted by molar-refractivity contribution is 7.91. The van der Waals surface area contributed by atoms with Crippen LogP contribution in [0.2, 0.25) is 0 Å². The maximum absolute atomic E-state index is 13.2. The summed E-state index contributed by atoms with van der Waals surface area (Å²) in [5.74, 6) is -0.0778. The van der Waals surface area contributed by atoms with Crippen molar-refractivity contribution in [2.24, 2.45) is 0 Å². The van der Waals surface area contributed by atoms with E-state index in [4.69, 9.17) is 0 Å². The van der Waals surface area contributed by atoms with Crippen LogP contribution in [0, 0.1) is 0 Å². The average Bonchev–Trinajstić information content (AvgIpc) is 2.73. The number of benzene rings is 1. The van der Waals surface area contributed by atoms with E-state index < -0.39 is 21.4 Å². The molecule has 0 unspecified atom stereocenters. The molecule has 3 rings (SSSR count). The number of fused-ring (bicyclic) bond motifs is 1. The molecule has 0 saturated heterocycles. The van der Waals surface area contributed by atoms with Gasteiger partial charge in [0.1, 0.15) is 0 Å². The molecule has 140 valence electrons. The number of nitrogens with zero attached hydrogens (tertiary/aromatic N) is 2. The minimum absolute atomic E-state index is 0.0778. The highest BCUT2D eigenvalue weighted by Crippen LogP contribution is 2.43. The predicted molar refractivity (Wildman–Crippen MR) is 101 cm³/mol.